The smallest absolute Gasteiger partial charge is 0.331 e. The first-order valence-electron chi connectivity index (χ1n) is 3.73. The van der Waals surface area contributed by atoms with Gasteiger partial charge in [0.15, 0.2) is 0 Å². The Morgan fingerprint density at radius 1 is 1.21 bits per heavy atom. The Morgan fingerprint density at radius 3 is 1.64 bits per heavy atom. The highest BCUT2D eigenvalue weighted by Gasteiger charge is 1.97. The molecule has 0 radical (unpaired) electrons. The van der Waals surface area contributed by atoms with Gasteiger partial charge >= 0.3 is 11.9 Å². The van der Waals surface area contributed by atoms with Gasteiger partial charge in [-0.05, 0) is 13.3 Å². The summed E-state index contributed by atoms with van der Waals surface area (Å²) >= 11 is 0. The Labute approximate surface area is 82.9 Å². The summed E-state index contributed by atoms with van der Waals surface area (Å²) in [4.78, 5) is 19.5. The average Bonchev–Trinajstić information content (AvgIpc) is 2.05. The summed E-state index contributed by atoms with van der Waals surface area (Å²) in [6.45, 7) is 11.2. The van der Waals surface area contributed by atoms with Crippen LogP contribution >= 0.6 is 0 Å². The number of carboxylic acid groups (broad SMARTS) is 2. The lowest BCUT2D eigenvalue weighted by atomic mass is 10.2. The number of hydrogen-bond acceptors (Lipinski definition) is 2. The maximum Gasteiger partial charge on any atom is 0.331 e. The van der Waals surface area contributed by atoms with E-state index in [0.29, 0.717) is 6.42 Å². The van der Waals surface area contributed by atoms with Crippen LogP contribution in [0.5, 0.6) is 0 Å². The molecule has 0 aliphatic rings. The third-order valence-corrected chi connectivity index (χ3v) is 1.06. The molecule has 0 heterocycles. The van der Waals surface area contributed by atoms with E-state index in [1.807, 2.05) is 0 Å². The van der Waals surface area contributed by atoms with Crippen molar-refractivity contribution in [2.24, 2.45) is 0 Å². The lowest BCUT2D eigenvalue weighted by Crippen LogP contribution is -1.96. The van der Waals surface area contributed by atoms with Crippen molar-refractivity contribution in [3.05, 3.63) is 37.0 Å². The van der Waals surface area contributed by atoms with Crippen LogP contribution in [0.4, 0.5) is 0 Å². The largest absolute Gasteiger partial charge is 0.478 e. The standard InChI is InChI=1S/C6H8O2.C4H6O2/c1-3-4-5(2)6(7)8;1-3(2)4(5)6/h3H,1-2,4H2,(H,7,8);1H2,2H3,(H,5,6). The number of aliphatic carboxylic acids is 2. The van der Waals surface area contributed by atoms with Gasteiger partial charge in [-0.15, -0.1) is 6.58 Å². The zero-order chi connectivity index (χ0) is 11.7. The van der Waals surface area contributed by atoms with E-state index < -0.39 is 11.9 Å². The zero-order valence-electron chi connectivity index (χ0n) is 8.12. The third kappa shape index (κ3) is 10.2. The summed E-state index contributed by atoms with van der Waals surface area (Å²) in [7, 11) is 0. The van der Waals surface area contributed by atoms with Gasteiger partial charge < -0.3 is 10.2 Å². The molecule has 0 saturated carbocycles. The summed E-state index contributed by atoms with van der Waals surface area (Å²) < 4.78 is 0. The van der Waals surface area contributed by atoms with Gasteiger partial charge in [0.05, 0.1) is 0 Å². The van der Waals surface area contributed by atoms with Crippen molar-refractivity contribution < 1.29 is 19.8 Å². The van der Waals surface area contributed by atoms with E-state index in [0.717, 1.165) is 0 Å². The first kappa shape index (κ1) is 14.7. The third-order valence-electron chi connectivity index (χ3n) is 1.06. The molecule has 0 aromatic rings. The number of allylic oxidation sites excluding steroid dienone is 1. The Bertz CT molecular complexity index is 251. The Balaban J connectivity index is 0. The molecule has 0 spiro atoms. The van der Waals surface area contributed by atoms with Crippen LogP contribution in [0.2, 0.25) is 0 Å². The molecule has 0 bridgehead atoms. The van der Waals surface area contributed by atoms with Gasteiger partial charge in [-0.1, -0.05) is 19.2 Å². The number of rotatable bonds is 4. The Morgan fingerprint density at radius 2 is 1.57 bits per heavy atom. The molecule has 0 aliphatic heterocycles. The fourth-order valence-corrected chi connectivity index (χ4v) is 0.262. The summed E-state index contributed by atoms with van der Waals surface area (Å²) in [6, 6.07) is 0. The molecule has 0 saturated heterocycles. The van der Waals surface area contributed by atoms with Crippen LogP contribution in [-0.4, -0.2) is 22.2 Å². The van der Waals surface area contributed by atoms with Crippen molar-refractivity contribution in [2.45, 2.75) is 13.3 Å². The molecule has 0 unspecified atom stereocenters. The molecule has 4 heteroatoms. The van der Waals surface area contributed by atoms with Gasteiger partial charge in [-0.2, -0.15) is 0 Å². The molecule has 0 rings (SSSR count). The number of hydrogen-bond donors (Lipinski definition) is 2. The minimum atomic E-state index is -0.954. The normalized spacial score (nSPS) is 7.79. The molecule has 0 fully saturated rings. The van der Waals surface area contributed by atoms with Crippen molar-refractivity contribution in [3.63, 3.8) is 0 Å². The topological polar surface area (TPSA) is 74.6 Å². The maximum absolute atomic E-state index is 9.94. The summed E-state index contributed by atoms with van der Waals surface area (Å²) in [6.07, 6.45) is 1.87. The molecular formula is C10H14O4. The number of carbonyl (C=O) groups is 2. The van der Waals surface area contributed by atoms with E-state index in [-0.39, 0.29) is 11.1 Å². The van der Waals surface area contributed by atoms with Crippen molar-refractivity contribution in [1.82, 2.24) is 0 Å². The van der Waals surface area contributed by atoms with Crippen LogP contribution in [0.1, 0.15) is 13.3 Å². The highest BCUT2D eigenvalue weighted by Crippen LogP contribution is 1.95. The second-order valence-corrected chi connectivity index (χ2v) is 2.49. The fourth-order valence-electron chi connectivity index (χ4n) is 0.262. The second-order valence-electron chi connectivity index (χ2n) is 2.49. The van der Waals surface area contributed by atoms with Gasteiger partial charge in [-0.3, -0.25) is 0 Å². The first-order valence-corrected chi connectivity index (χ1v) is 3.73. The first-order chi connectivity index (χ1) is 6.32. The Hall–Kier alpha value is -1.84. The van der Waals surface area contributed by atoms with Gasteiger partial charge in [0, 0.05) is 11.1 Å². The molecule has 0 atom stereocenters. The summed E-state index contributed by atoms with van der Waals surface area (Å²) in [5, 5.41) is 16.1. The maximum atomic E-state index is 9.94. The van der Waals surface area contributed by atoms with Gasteiger partial charge in [0.1, 0.15) is 0 Å². The highest BCUT2D eigenvalue weighted by atomic mass is 16.4. The number of carboxylic acids is 2. The molecular weight excluding hydrogens is 184 g/mol. The molecule has 0 aromatic heterocycles. The van der Waals surface area contributed by atoms with Gasteiger partial charge in [0.25, 0.3) is 0 Å². The predicted molar refractivity (Wildman–Crippen MR) is 54.0 cm³/mol. The molecule has 2 N–H and O–H groups in total. The van der Waals surface area contributed by atoms with E-state index in [1.54, 1.807) is 0 Å². The highest BCUT2D eigenvalue weighted by molar-refractivity contribution is 5.86. The lowest BCUT2D eigenvalue weighted by Gasteiger charge is -1.89. The average molecular weight is 198 g/mol. The second kappa shape index (κ2) is 7.79. The van der Waals surface area contributed by atoms with E-state index in [9.17, 15) is 9.59 Å². The van der Waals surface area contributed by atoms with Crippen LogP contribution in [0.3, 0.4) is 0 Å². The zero-order valence-corrected chi connectivity index (χ0v) is 8.12. The van der Waals surface area contributed by atoms with Crippen LogP contribution in [-0.2, 0) is 9.59 Å². The van der Waals surface area contributed by atoms with Crippen molar-refractivity contribution >= 4 is 11.9 Å². The van der Waals surface area contributed by atoms with E-state index >= 15 is 0 Å². The van der Waals surface area contributed by atoms with Crippen molar-refractivity contribution in [1.29, 1.82) is 0 Å². The fraction of sp³-hybridized carbons (Fsp3) is 0.200. The van der Waals surface area contributed by atoms with E-state index in [2.05, 4.69) is 19.7 Å². The van der Waals surface area contributed by atoms with Gasteiger partial charge in [0.2, 0.25) is 0 Å². The molecule has 0 aliphatic carbocycles. The van der Waals surface area contributed by atoms with Gasteiger partial charge in [-0.25, -0.2) is 9.59 Å². The predicted octanol–water partition coefficient (Wildman–Crippen LogP) is 1.85. The Kier molecular flexibility index (Phi) is 8.16. The van der Waals surface area contributed by atoms with Crippen molar-refractivity contribution in [2.75, 3.05) is 0 Å². The lowest BCUT2D eigenvalue weighted by molar-refractivity contribution is -0.133. The monoisotopic (exact) mass is 198 g/mol. The molecule has 0 amide bonds. The quantitative estimate of drug-likeness (QED) is 0.534. The molecule has 0 aromatic carbocycles. The molecule has 4 nitrogen and oxygen atoms in total. The van der Waals surface area contributed by atoms with Crippen LogP contribution in [0, 0.1) is 0 Å². The van der Waals surface area contributed by atoms with Crippen molar-refractivity contribution in [3.8, 4) is 0 Å². The van der Waals surface area contributed by atoms with E-state index in [4.69, 9.17) is 10.2 Å². The SMILES string of the molecule is C=C(C)C(=O)O.C=CCC(=C)C(=O)O. The minimum Gasteiger partial charge on any atom is -0.478 e. The van der Waals surface area contributed by atoms with E-state index in [1.165, 1.54) is 13.0 Å². The summed E-state index contributed by atoms with van der Waals surface area (Å²) in [5.74, 6) is -1.89. The molecule has 14 heavy (non-hydrogen) atoms. The van der Waals surface area contributed by atoms with Crippen LogP contribution in [0.25, 0.3) is 0 Å². The van der Waals surface area contributed by atoms with Crippen LogP contribution in [0.15, 0.2) is 37.0 Å². The summed E-state index contributed by atoms with van der Waals surface area (Å²) in [5.41, 5.74) is 0.356. The minimum absolute atomic E-state index is 0.176. The molecule has 78 valence electrons. The van der Waals surface area contributed by atoms with Crippen LogP contribution < -0.4 is 0 Å².